The van der Waals surface area contributed by atoms with E-state index in [0.29, 0.717) is 75.5 Å². The van der Waals surface area contributed by atoms with Gasteiger partial charge in [-0.25, -0.2) is 19.6 Å². The predicted molar refractivity (Wildman–Crippen MR) is 208 cm³/mol. The van der Waals surface area contributed by atoms with Crippen molar-refractivity contribution in [3.63, 3.8) is 0 Å². The van der Waals surface area contributed by atoms with Crippen LogP contribution in [0.4, 0.5) is 5.82 Å². The van der Waals surface area contributed by atoms with Crippen molar-refractivity contribution in [3.05, 3.63) is 105 Å². The first kappa shape index (κ1) is 36.5. The summed E-state index contributed by atoms with van der Waals surface area (Å²) in [6.45, 7) is 4.93. The van der Waals surface area contributed by atoms with Gasteiger partial charge >= 0.3 is 0 Å². The number of unbranched alkanes of at least 4 members (excludes halogenated alkanes) is 1. The molecule has 7 rings (SSSR count). The number of aromatic hydroxyl groups is 1. The third-order valence-electron chi connectivity index (χ3n) is 9.59. The number of aromatic nitrogens is 6. The van der Waals surface area contributed by atoms with Crippen molar-refractivity contribution in [1.82, 2.24) is 39.1 Å². The fourth-order valence-electron chi connectivity index (χ4n) is 6.68. The quantitative estimate of drug-likeness (QED) is 0.142. The molecule has 0 aliphatic carbocycles. The van der Waals surface area contributed by atoms with Gasteiger partial charge in [0.1, 0.15) is 36.0 Å². The first-order valence-corrected chi connectivity index (χ1v) is 18.2. The minimum Gasteiger partial charge on any atom is -0.508 e. The molecule has 3 aromatic heterocycles. The SMILES string of the molecule is COCCN1CCN(C(=O)CCCC#Cc2cccc3nc(Cn4nc(-c5ccc(O)cc5)c5c(N)ncnc54)n(Cc4ccccc4Cl)c(=O)c23)CC1. The Labute approximate surface area is 317 Å². The number of phenols is 1. The smallest absolute Gasteiger partial charge is 0.263 e. The topological polar surface area (TPSA) is 158 Å². The Kier molecular flexibility index (Phi) is 11.1. The van der Waals surface area contributed by atoms with Gasteiger partial charge in [-0.2, -0.15) is 5.10 Å². The minimum absolute atomic E-state index is 0.0762. The zero-order chi connectivity index (χ0) is 37.6. The van der Waals surface area contributed by atoms with E-state index >= 15 is 0 Å². The van der Waals surface area contributed by atoms with E-state index in [-0.39, 0.29) is 36.1 Å². The molecule has 1 amide bonds. The van der Waals surface area contributed by atoms with E-state index in [9.17, 15) is 14.7 Å². The molecular formula is C40H40ClN9O4. The van der Waals surface area contributed by atoms with E-state index in [4.69, 9.17) is 32.2 Å². The van der Waals surface area contributed by atoms with Crippen molar-refractivity contribution in [2.45, 2.75) is 32.4 Å². The molecule has 1 aliphatic heterocycles. The molecule has 1 fully saturated rings. The summed E-state index contributed by atoms with van der Waals surface area (Å²) in [5, 5.41) is 16.2. The molecule has 0 saturated carbocycles. The van der Waals surface area contributed by atoms with E-state index in [1.165, 1.54) is 6.33 Å². The number of ether oxygens (including phenoxy) is 1. The Bertz CT molecular complexity index is 2430. The van der Waals surface area contributed by atoms with Gasteiger partial charge in [0.05, 0.1) is 29.4 Å². The number of carbonyl (C=O) groups is 1. The van der Waals surface area contributed by atoms with Gasteiger partial charge in [0.2, 0.25) is 5.91 Å². The molecule has 6 aromatic rings. The summed E-state index contributed by atoms with van der Waals surface area (Å²) in [4.78, 5) is 45.3. The standard InChI is InChI=1S/C40H40ClN9O4/c1-54-23-22-47-18-20-48(21-19-47)34(52)13-4-2-3-8-27-10-7-12-32-35(27)40(53)49(24-29-9-5-6-11-31(29)41)33(45-32)25-50-39-36(38(42)43-26-44-39)37(46-50)28-14-16-30(51)17-15-28/h5-7,9-12,14-17,26,51H,2,4,13,18-25H2,1H3,(H2,42,43,44). The van der Waals surface area contributed by atoms with Crippen molar-refractivity contribution in [3.8, 4) is 28.8 Å². The van der Waals surface area contributed by atoms with Crippen LogP contribution in [-0.2, 0) is 22.6 Å². The maximum Gasteiger partial charge on any atom is 0.263 e. The summed E-state index contributed by atoms with van der Waals surface area (Å²) in [5.74, 6) is 7.32. The van der Waals surface area contributed by atoms with E-state index in [1.807, 2.05) is 35.2 Å². The second-order valence-corrected chi connectivity index (χ2v) is 13.5. The molecular weight excluding hydrogens is 706 g/mol. The summed E-state index contributed by atoms with van der Waals surface area (Å²) in [6, 6.07) is 19.4. The van der Waals surface area contributed by atoms with Crippen molar-refractivity contribution in [2.75, 3.05) is 52.2 Å². The van der Waals surface area contributed by atoms with Gasteiger partial charge in [-0.15, -0.1) is 0 Å². The van der Waals surface area contributed by atoms with Crippen LogP contribution < -0.4 is 11.3 Å². The first-order valence-electron chi connectivity index (χ1n) is 17.8. The monoisotopic (exact) mass is 745 g/mol. The van der Waals surface area contributed by atoms with Crippen LogP contribution in [0.3, 0.4) is 0 Å². The van der Waals surface area contributed by atoms with Gasteiger partial charge < -0.3 is 20.5 Å². The molecule has 0 atom stereocenters. The van der Waals surface area contributed by atoms with Crippen LogP contribution in [0.15, 0.2) is 77.9 Å². The van der Waals surface area contributed by atoms with Gasteiger partial charge in [-0.3, -0.25) is 19.1 Å². The normalized spacial score (nSPS) is 13.3. The second kappa shape index (κ2) is 16.5. The third-order valence-corrected chi connectivity index (χ3v) is 9.96. The third kappa shape index (κ3) is 7.91. The number of nitrogens with zero attached hydrogens (tertiary/aromatic N) is 8. The lowest BCUT2D eigenvalue weighted by molar-refractivity contribution is -0.133. The maximum atomic E-state index is 14.5. The minimum atomic E-state index is -0.274. The number of amides is 1. The Morgan fingerprint density at radius 2 is 1.78 bits per heavy atom. The maximum absolute atomic E-state index is 14.5. The highest BCUT2D eigenvalue weighted by Gasteiger charge is 2.22. The largest absolute Gasteiger partial charge is 0.508 e. The predicted octanol–water partition coefficient (Wildman–Crippen LogP) is 4.55. The molecule has 3 N–H and O–H groups in total. The molecule has 0 radical (unpaired) electrons. The van der Waals surface area contributed by atoms with Gasteiger partial charge in [0.25, 0.3) is 5.56 Å². The summed E-state index contributed by atoms with van der Waals surface area (Å²) < 4.78 is 8.42. The van der Waals surface area contributed by atoms with Crippen molar-refractivity contribution >= 4 is 45.3 Å². The average Bonchev–Trinajstić information content (AvgIpc) is 3.55. The lowest BCUT2D eigenvalue weighted by Gasteiger charge is -2.34. The number of hydrogen-bond donors (Lipinski definition) is 2. The van der Waals surface area contributed by atoms with Crippen molar-refractivity contribution in [2.24, 2.45) is 0 Å². The molecule has 1 aliphatic rings. The lowest BCUT2D eigenvalue weighted by atomic mass is 10.1. The van der Waals surface area contributed by atoms with Gasteiger partial charge in [0.15, 0.2) is 5.65 Å². The molecule has 54 heavy (non-hydrogen) atoms. The number of methoxy groups -OCH3 is 1. The van der Waals surface area contributed by atoms with E-state index in [0.717, 1.165) is 38.3 Å². The molecule has 4 heterocycles. The first-order chi connectivity index (χ1) is 26.3. The zero-order valence-corrected chi connectivity index (χ0v) is 30.7. The van der Waals surface area contributed by atoms with Gasteiger partial charge in [-0.05, 0) is 54.4 Å². The Morgan fingerprint density at radius 1 is 0.981 bits per heavy atom. The van der Waals surface area contributed by atoms with Crippen LogP contribution in [0.1, 0.15) is 36.2 Å². The number of rotatable bonds is 11. The fourth-order valence-corrected chi connectivity index (χ4v) is 6.87. The number of phenolic OH excluding ortho intramolecular Hbond substituents is 1. The number of carbonyl (C=O) groups excluding carboxylic acids is 1. The molecule has 276 valence electrons. The Balaban J connectivity index is 1.18. The van der Waals surface area contributed by atoms with Gasteiger partial charge in [-0.1, -0.05) is 47.7 Å². The van der Waals surface area contributed by atoms with E-state index < -0.39 is 0 Å². The van der Waals surface area contributed by atoms with E-state index in [2.05, 4.69) is 26.7 Å². The fraction of sp³-hybridized carbons (Fsp3) is 0.300. The van der Waals surface area contributed by atoms with Crippen molar-refractivity contribution < 1.29 is 14.6 Å². The summed E-state index contributed by atoms with van der Waals surface area (Å²) in [6.07, 6.45) is 2.92. The molecule has 0 bridgehead atoms. The van der Waals surface area contributed by atoms with Crippen LogP contribution >= 0.6 is 11.6 Å². The molecule has 1 saturated heterocycles. The number of anilines is 1. The van der Waals surface area contributed by atoms with Gasteiger partial charge in [0, 0.05) is 68.8 Å². The Hall–Kier alpha value is -5.81. The Morgan fingerprint density at radius 3 is 2.56 bits per heavy atom. The molecule has 13 nitrogen and oxygen atoms in total. The van der Waals surface area contributed by atoms with Crippen molar-refractivity contribution in [1.29, 1.82) is 0 Å². The number of nitrogens with two attached hydrogens (primary N) is 1. The van der Waals surface area contributed by atoms with Crippen LogP contribution in [0.5, 0.6) is 5.75 Å². The van der Waals surface area contributed by atoms with Crippen LogP contribution in [-0.4, -0.2) is 96.6 Å². The highest BCUT2D eigenvalue weighted by atomic mass is 35.5. The lowest BCUT2D eigenvalue weighted by Crippen LogP contribution is -2.49. The summed E-state index contributed by atoms with van der Waals surface area (Å²) in [7, 11) is 1.70. The van der Waals surface area contributed by atoms with Crippen LogP contribution in [0, 0.1) is 11.8 Å². The zero-order valence-electron chi connectivity index (χ0n) is 29.9. The molecule has 3 aromatic carbocycles. The highest BCUT2D eigenvalue weighted by Crippen LogP contribution is 2.31. The molecule has 0 unspecified atom stereocenters. The van der Waals surface area contributed by atoms with E-state index in [1.54, 1.807) is 52.8 Å². The number of piperazine rings is 1. The number of benzene rings is 3. The van der Waals surface area contributed by atoms with Crippen LogP contribution in [0.25, 0.3) is 33.2 Å². The van der Waals surface area contributed by atoms with Crippen LogP contribution in [0.2, 0.25) is 5.02 Å². The number of fused-ring (bicyclic) bond motifs is 2. The summed E-state index contributed by atoms with van der Waals surface area (Å²) in [5.41, 5.74) is 9.57. The second-order valence-electron chi connectivity index (χ2n) is 13.1. The average molecular weight is 746 g/mol. The molecule has 0 spiro atoms. The highest BCUT2D eigenvalue weighted by molar-refractivity contribution is 6.31. The molecule has 14 heteroatoms. The number of hydrogen-bond acceptors (Lipinski definition) is 10. The number of halogens is 1. The summed E-state index contributed by atoms with van der Waals surface area (Å²) >= 11 is 6.60. The number of nitrogen functional groups attached to an aromatic ring is 1.